The van der Waals surface area contributed by atoms with Gasteiger partial charge in [0.25, 0.3) is 0 Å². The van der Waals surface area contributed by atoms with Gasteiger partial charge in [-0.2, -0.15) is 0 Å². The molecule has 3 aromatic carbocycles. The van der Waals surface area contributed by atoms with Crippen LogP contribution in [0.4, 0.5) is 0 Å². The third-order valence-corrected chi connectivity index (χ3v) is 4.15. The lowest BCUT2D eigenvalue weighted by molar-refractivity contribution is -0.144. The van der Waals surface area contributed by atoms with Crippen molar-refractivity contribution in [1.82, 2.24) is 5.32 Å². The van der Waals surface area contributed by atoms with E-state index in [1.54, 1.807) is 0 Å². The fourth-order valence-electron chi connectivity index (χ4n) is 3.11. The number of carbonyl (C=O) groups excluding carboxylic acids is 2. The Morgan fingerprint density at radius 2 is 1.54 bits per heavy atom. The van der Waals surface area contributed by atoms with Crippen LogP contribution in [0.2, 0.25) is 0 Å². The van der Waals surface area contributed by atoms with E-state index >= 15 is 0 Å². The molecule has 3 rings (SSSR count). The van der Waals surface area contributed by atoms with E-state index in [0.717, 1.165) is 27.1 Å². The predicted molar refractivity (Wildman–Crippen MR) is 94.8 cm³/mol. The first-order valence-corrected chi connectivity index (χ1v) is 7.84. The maximum Gasteiger partial charge on any atom is 0.328 e. The molecular formula is C20H19NO3. The van der Waals surface area contributed by atoms with Gasteiger partial charge in [-0.1, -0.05) is 48.5 Å². The maximum atomic E-state index is 12.1. The van der Waals surface area contributed by atoms with Crippen LogP contribution in [-0.4, -0.2) is 25.0 Å². The molecule has 1 amide bonds. The fraction of sp³-hybridized carbons (Fsp3) is 0.200. The molecule has 3 aromatic rings. The van der Waals surface area contributed by atoms with Crippen LogP contribution in [0.3, 0.4) is 0 Å². The van der Waals surface area contributed by atoms with E-state index in [-0.39, 0.29) is 5.91 Å². The van der Waals surface area contributed by atoms with Gasteiger partial charge in [0.2, 0.25) is 5.91 Å². The Morgan fingerprint density at radius 3 is 2.04 bits per heavy atom. The molecule has 0 aromatic heterocycles. The van der Waals surface area contributed by atoms with Crippen molar-refractivity contribution in [3.05, 3.63) is 60.2 Å². The molecule has 1 atom stereocenters. The number of carbonyl (C=O) groups is 2. The Balaban J connectivity index is 2.17. The number of esters is 1. The SMILES string of the molecule is COC(=O)[C@H](Cc1c2ccccc2cc2ccccc12)NC(C)=O. The van der Waals surface area contributed by atoms with Gasteiger partial charge in [-0.25, -0.2) is 4.79 Å². The molecule has 122 valence electrons. The molecule has 0 aliphatic heterocycles. The van der Waals surface area contributed by atoms with Gasteiger partial charge in [0.05, 0.1) is 7.11 Å². The molecule has 0 aliphatic carbocycles. The van der Waals surface area contributed by atoms with Crippen molar-refractivity contribution in [3.63, 3.8) is 0 Å². The Labute approximate surface area is 140 Å². The zero-order valence-corrected chi connectivity index (χ0v) is 13.7. The minimum absolute atomic E-state index is 0.255. The van der Waals surface area contributed by atoms with E-state index in [1.165, 1.54) is 14.0 Å². The minimum Gasteiger partial charge on any atom is -0.467 e. The second-order valence-corrected chi connectivity index (χ2v) is 5.78. The quantitative estimate of drug-likeness (QED) is 0.593. The average molecular weight is 321 g/mol. The first-order valence-electron chi connectivity index (χ1n) is 7.84. The molecule has 0 saturated carbocycles. The predicted octanol–water partition coefficient (Wildman–Crippen LogP) is 3.21. The van der Waals surface area contributed by atoms with Crippen LogP contribution in [0.25, 0.3) is 21.5 Å². The maximum absolute atomic E-state index is 12.1. The highest BCUT2D eigenvalue weighted by molar-refractivity contribution is 6.02. The number of methoxy groups -OCH3 is 1. The molecule has 0 radical (unpaired) electrons. The molecule has 4 heteroatoms. The average Bonchev–Trinajstić information content (AvgIpc) is 2.59. The normalized spacial score (nSPS) is 12.1. The lowest BCUT2D eigenvalue weighted by Gasteiger charge is -2.18. The molecule has 24 heavy (non-hydrogen) atoms. The van der Waals surface area contributed by atoms with Crippen LogP contribution in [0.15, 0.2) is 54.6 Å². The van der Waals surface area contributed by atoms with Crippen molar-refractivity contribution in [2.24, 2.45) is 0 Å². The highest BCUT2D eigenvalue weighted by Crippen LogP contribution is 2.29. The number of ether oxygens (including phenoxy) is 1. The van der Waals surface area contributed by atoms with Gasteiger partial charge in [-0.3, -0.25) is 4.79 Å². The summed E-state index contributed by atoms with van der Waals surface area (Å²) in [6.45, 7) is 1.40. The molecule has 1 N–H and O–H groups in total. The van der Waals surface area contributed by atoms with Crippen LogP contribution < -0.4 is 5.32 Å². The number of hydrogen-bond acceptors (Lipinski definition) is 3. The monoisotopic (exact) mass is 321 g/mol. The van der Waals surface area contributed by atoms with Crippen molar-refractivity contribution >= 4 is 33.4 Å². The van der Waals surface area contributed by atoms with Crippen molar-refractivity contribution in [2.75, 3.05) is 7.11 Å². The zero-order chi connectivity index (χ0) is 17.1. The van der Waals surface area contributed by atoms with E-state index in [1.807, 2.05) is 36.4 Å². The number of rotatable bonds is 4. The molecule has 0 aliphatic rings. The molecule has 0 saturated heterocycles. The van der Waals surface area contributed by atoms with Crippen LogP contribution >= 0.6 is 0 Å². The molecule has 0 unspecified atom stereocenters. The number of benzene rings is 3. The van der Waals surface area contributed by atoms with Gasteiger partial charge in [0, 0.05) is 13.3 Å². The lowest BCUT2D eigenvalue weighted by atomic mass is 9.92. The summed E-state index contributed by atoms with van der Waals surface area (Å²) in [7, 11) is 1.33. The third kappa shape index (κ3) is 3.08. The molecule has 4 nitrogen and oxygen atoms in total. The van der Waals surface area contributed by atoms with E-state index in [0.29, 0.717) is 6.42 Å². The summed E-state index contributed by atoms with van der Waals surface area (Å²) in [5, 5.41) is 7.07. The largest absolute Gasteiger partial charge is 0.467 e. The molecule has 0 heterocycles. The molecular weight excluding hydrogens is 302 g/mol. The van der Waals surface area contributed by atoms with Crippen LogP contribution in [0.5, 0.6) is 0 Å². The second kappa shape index (κ2) is 6.71. The molecule has 0 fully saturated rings. The van der Waals surface area contributed by atoms with Crippen molar-refractivity contribution in [3.8, 4) is 0 Å². The summed E-state index contributed by atoms with van der Waals surface area (Å²) < 4.78 is 4.86. The van der Waals surface area contributed by atoms with Gasteiger partial charge in [-0.15, -0.1) is 0 Å². The van der Waals surface area contributed by atoms with E-state index < -0.39 is 12.0 Å². The van der Waals surface area contributed by atoms with Crippen LogP contribution in [0.1, 0.15) is 12.5 Å². The van der Waals surface area contributed by atoms with E-state index in [2.05, 4.69) is 23.5 Å². The van der Waals surface area contributed by atoms with E-state index in [9.17, 15) is 9.59 Å². The van der Waals surface area contributed by atoms with Crippen LogP contribution in [-0.2, 0) is 20.7 Å². The highest BCUT2D eigenvalue weighted by Gasteiger charge is 2.22. The summed E-state index contributed by atoms with van der Waals surface area (Å²) in [5.74, 6) is -0.697. The standard InChI is InChI=1S/C20H19NO3/c1-13(22)21-19(20(23)24-2)12-18-16-9-5-3-7-14(16)11-15-8-4-6-10-17(15)18/h3-11,19H,12H2,1-2H3,(H,21,22)/t19-/m0/s1. The highest BCUT2D eigenvalue weighted by atomic mass is 16.5. The fourth-order valence-corrected chi connectivity index (χ4v) is 3.11. The number of amides is 1. The smallest absolute Gasteiger partial charge is 0.328 e. The first kappa shape index (κ1) is 16.0. The van der Waals surface area contributed by atoms with Crippen molar-refractivity contribution in [2.45, 2.75) is 19.4 Å². The summed E-state index contributed by atoms with van der Waals surface area (Å²) in [5.41, 5.74) is 1.04. The number of nitrogens with one attached hydrogen (secondary N) is 1. The van der Waals surface area contributed by atoms with Gasteiger partial charge < -0.3 is 10.1 Å². The Hall–Kier alpha value is -2.88. The summed E-state index contributed by atoms with van der Waals surface area (Å²) in [6, 6.07) is 17.6. The van der Waals surface area contributed by atoms with Gasteiger partial charge >= 0.3 is 5.97 Å². The lowest BCUT2D eigenvalue weighted by Crippen LogP contribution is -2.42. The van der Waals surface area contributed by atoms with Crippen molar-refractivity contribution in [1.29, 1.82) is 0 Å². The van der Waals surface area contributed by atoms with Gasteiger partial charge in [0.15, 0.2) is 0 Å². The topological polar surface area (TPSA) is 55.4 Å². The summed E-state index contributed by atoms with van der Waals surface area (Å²) >= 11 is 0. The number of fused-ring (bicyclic) bond motifs is 2. The zero-order valence-electron chi connectivity index (χ0n) is 13.7. The molecule has 0 bridgehead atoms. The summed E-state index contributed by atoms with van der Waals surface area (Å²) in [4.78, 5) is 23.6. The van der Waals surface area contributed by atoms with Crippen molar-refractivity contribution < 1.29 is 14.3 Å². The third-order valence-electron chi connectivity index (χ3n) is 4.15. The molecule has 0 spiro atoms. The first-order chi connectivity index (χ1) is 11.6. The Morgan fingerprint density at radius 1 is 1.00 bits per heavy atom. The summed E-state index contributed by atoms with van der Waals surface area (Å²) in [6.07, 6.45) is 0.383. The van der Waals surface area contributed by atoms with Gasteiger partial charge in [0.1, 0.15) is 6.04 Å². The Bertz CT molecular complexity index is 863. The van der Waals surface area contributed by atoms with E-state index in [4.69, 9.17) is 4.74 Å². The van der Waals surface area contributed by atoms with Gasteiger partial charge in [-0.05, 0) is 33.2 Å². The second-order valence-electron chi connectivity index (χ2n) is 5.78. The van der Waals surface area contributed by atoms with Crippen LogP contribution in [0, 0.1) is 0 Å². The minimum atomic E-state index is -0.707. The number of hydrogen-bond donors (Lipinski definition) is 1. The Kier molecular flexibility index (Phi) is 4.47.